The molecule has 16 heavy (non-hydrogen) atoms. The summed E-state index contributed by atoms with van der Waals surface area (Å²) in [5, 5.41) is 5.85. The first-order valence-electron chi connectivity index (χ1n) is 6.17. The van der Waals surface area contributed by atoms with Crippen molar-refractivity contribution in [3.63, 3.8) is 0 Å². The molecule has 1 aliphatic carbocycles. The second-order valence-electron chi connectivity index (χ2n) is 4.91. The van der Waals surface area contributed by atoms with Crippen LogP contribution in [-0.2, 0) is 0 Å². The second kappa shape index (κ2) is 5.52. The van der Waals surface area contributed by atoms with Crippen LogP contribution in [0.3, 0.4) is 0 Å². The van der Waals surface area contributed by atoms with Gasteiger partial charge in [-0.05, 0) is 49.6 Å². The molecule has 1 aliphatic rings. The monoisotopic (exact) mass is 257 g/mol. The van der Waals surface area contributed by atoms with Gasteiger partial charge in [-0.25, -0.2) is 0 Å². The molecule has 2 atom stereocenters. The highest BCUT2D eigenvalue weighted by Gasteiger charge is 2.22. The number of hydrogen-bond donors (Lipinski definition) is 1. The van der Waals surface area contributed by atoms with Gasteiger partial charge in [0.2, 0.25) is 0 Å². The fourth-order valence-electron chi connectivity index (χ4n) is 2.63. The molecule has 1 heterocycles. The maximum atomic E-state index is 5.96. The lowest BCUT2D eigenvalue weighted by atomic mass is 9.98. The zero-order valence-electron chi connectivity index (χ0n) is 10.0. The van der Waals surface area contributed by atoms with Gasteiger partial charge < -0.3 is 5.32 Å². The van der Waals surface area contributed by atoms with Gasteiger partial charge in [-0.15, -0.1) is 11.3 Å². The minimum absolute atomic E-state index is 0.416. The van der Waals surface area contributed by atoms with E-state index in [-0.39, 0.29) is 0 Å². The van der Waals surface area contributed by atoms with Gasteiger partial charge in [-0.1, -0.05) is 24.4 Å². The van der Waals surface area contributed by atoms with Crippen molar-refractivity contribution in [3.05, 3.63) is 21.3 Å². The number of rotatable bonds is 4. The Balaban J connectivity index is 1.88. The van der Waals surface area contributed by atoms with Crippen molar-refractivity contribution < 1.29 is 0 Å². The molecule has 1 unspecified atom stereocenters. The van der Waals surface area contributed by atoms with Crippen molar-refractivity contribution in [1.82, 2.24) is 5.32 Å². The van der Waals surface area contributed by atoms with Crippen molar-refractivity contribution in [3.8, 4) is 0 Å². The molecule has 0 aliphatic heterocycles. The fraction of sp³-hybridized carbons (Fsp3) is 0.692. The first-order chi connectivity index (χ1) is 7.66. The average Bonchev–Trinajstić information content (AvgIpc) is 2.87. The summed E-state index contributed by atoms with van der Waals surface area (Å²) in [6.45, 7) is 4.55. The summed E-state index contributed by atoms with van der Waals surface area (Å²) < 4.78 is 0.886. The van der Waals surface area contributed by atoms with Gasteiger partial charge in [-0.2, -0.15) is 0 Å². The zero-order chi connectivity index (χ0) is 11.5. The van der Waals surface area contributed by atoms with Crippen molar-refractivity contribution >= 4 is 22.9 Å². The molecule has 1 nitrogen and oxygen atoms in total. The Kier molecular flexibility index (Phi) is 4.28. The van der Waals surface area contributed by atoms with Crippen LogP contribution in [0, 0.1) is 5.92 Å². The van der Waals surface area contributed by atoms with Crippen molar-refractivity contribution in [2.45, 2.75) is 51.6 Å². The highest BCUT2D eigenvalue weighted by atomic mass is 35.5. The molecule has 0 amide bonds. The number of thiophene rings is 1. The van der Waals surface area contributed by atoms with Crippen LogP contribution in [-0.4, -0.2) is 6.04 Å². The maximum Gasteiger partial charge on any atom is 0.0931 e. The van der Waals surface area contributed by atoms with E-state index in [0.717, 1.165) is 10.3 Å². The van der Waals surface area contributed by atoms with Crippen molar-refractivity contribution in [2.75, 3.05) is 0 Å². The Morgan fingerprint density at radius 1 is 1.38 bits per heavy atom. The van der Waals surface area contributed by atoms with Crippen LogP contribution < -0.4 is 5.32 Å². The third-order valence-corrected chi connectivity index (χ3v) is 4.82. The number of hydrogen-bond acceptors (Lipinski definition) is 2. The summed E-state index contributed by atoms with van der Waals surface area (Å²) in [5.41, 5.74) is 1.32. The van der Waals surface area contributed by atoms with E-state index in [1.807, 2.05) is 0 Å². The van der Waals surface area contributed by atoms with E-state index in [9.17, 15) is 0 Å². The lowest BCUT2D eigenvalue weighted by Crippen LogP contribution is -2.34. The molecule has 0 bridgehead atoms. The lowest BCUT2D eigenvalue weighted by molar-refractivity contribution is 0.353. The summed E-state index contributed by atoms with van der Waals surface area (Å²) in [6.07, 6.45) is 5.61. The van der Waals surface area contributed by atoms with Crippen LogP contribution in [0.5, 0.6) is 0 Å². The van der Waals surface area contributed by atoms with Gasteiger partial charge in [0.25, 0.3) is 0 Å². The SMILES string of the molecule is CC(N[C@@H](C)C1CCCC1)c1csc(Cl)c1. The molecule has 3 heteroatoms. The molecular formula is C13H20ClNS. The number of nitrogens with one attached hydrogen (secondary N) is 1. The third-order valence-electron chi connectivity index (χ3n) is 3.71. The van der Waals surface area contributed by atoms with Gasteiger partial charge in [0.15, 0.2) is 0 Å². The van der Waals surface area contributed by atoms with E-state index in [1.165, 1.54) is 31.2 Å². The van der Waals surface area contributed by atoms with E-state index >= 15 is 0 Å². The first-order valence-corrected chi connectivity index (χ1v) is 7.42. The largest absolute Gasteiger partial charge is 0.307 e. The highest BCUT2D eigenvalue weighted by molar-refractivity contribution is 7.14. The summed E-state index contributed by atoms with van der Waals surface area (Å²) in [4.78, 5) is 0. The van der Waals surface area contributed by atoms with Crippen molar-refractivity contribution in [2.24, 2.45) is 5.92 Å². The lowest BCUT2D eigenvalue weighted by Gasteiger charge is -2.24. The van der Waals surface area contributed by atoms with Crippen LogP contribution in [0.15, 0.2) is 11.4 Å². The van der Waals surface area contributed by atoms with Gasteiger partial charge >= 0.3 is 0 Å². The Labute approximate surface area is 107 Å². The standard InChI is InChI=1S/C13H20ClNS/c1-9(11-5-3-4-6-11)15-10(2)12-7-13(14)16-8-12/h7-11,15H,3-6H2,1-2H3/t9-,10?/m0/s1. The number of halogens is 1. The predicted octanol–water partition coefficient (Wildman–Crippen LogP) is 4.63. The molecule has 1 fully saturated rings. The summed E-state index contributed by atoms with van der Waals surface area (Å²) in [5.74, 6) is 0.872. The molecule has 1 saturated carbocycles. The molecule has 0 aromatic carbocycles. The summed E-state index contributed by atoms with van der Waals surface area (Å²) in [7, 11) is 0. The molecule has 1 aromatic heterocycles. The van der Waals surface area contributed by atoms with Crippen LogP contribution in [0.2, 0.25) is 4.34 Å². The van der Waals surface area contributed by atoms with Crippen LogP contribution in [0.1, 0.15) is 51.1 Å². The predicted molar refractivity (Wildman–Crippen MR) is 72.3 cm³/mol. The van der Waals surface area contributed by atoms with Gasteiger partial charge in [-0.3, -0.25) is 0 Å². The van der Waals surface area contributed by atoms with Crippen LogP contribution in [0.25, 0.3) is 0 Å². The molecule has 90 valence electrons. The minimum atomic E-state index is 0.416. The van der Waals surface area contributed by atoms with Gasteiger partial charge in [0.05, 0.1) is 4.34 Å². The fourth-order valence-corrected chi connectivity index (χ4v) is 3.62. The van der Waals surface area contributed by atoms with E-state index in [2.05, 4.69) is 30.6 Å². The smallest absolute Gasteiger partial charge is 0.0931 e. The quantitative estimate of drug-likeness (QED) is 0.829. The summed E-state index contributed by atoms with van der Waals surface area (Å²) in [6, 6.07) is 3.11. The van der Waals surface area contributed by atoms with Gasteiger partial charge in [0, 0.05) is 12.1 Å². The highest BCUT2D eigenvalue weighted by Crippen LogP contribution is 2.30. The topological polar surface area (TPSA) is 12.0 Å². The minimum Gasteiger partial charge on any atom is -0.307 e. The van der Waals surface area contributed by atoms with E-state index in [0.29, 0.717) is 12.1 Å². The molecule has 1 N–H and O–H groups in total. The maximum absolute atomic E-state index is 5.96. The van der Waals surface area contributed by atoms with Crippen molar-refractivity contribution in [1.29, 1.82) is 0 Å². The normalized spacial score (nSPS) is 21.2. The van der Waals surface area contributed by atoms with Crippen LogP contribution in [0.4, 0.5) is 0 Å². The Bertz CT molecular complexity index is 330. The molecule has 0 saturated heterocycles. The Morgan fingerprint density at radius 3 is 2.62 bits per heavy atom. The third kappa shape index (κ3) is 2.99. The molecule has 1 aromatic rings. The van der Waals surface area contributed by atoms with Gasteiger partial charge in [0.1, 0.15) is 0 Å². The molecule has 2 rings (SSSR count). The zero-order valence-corrected chi connectivity index (χ0v) is 11.6. The van der Waals surface area contributed by atoms with Crippen LogP contribution >= 0.6 is 22.9 Å². The Morgan fingerprint density at radius 2 is 2.06 bits per heavy atom. The van der Waals surface area contributed by atoms with E-state index in [1.54, 1.807) is 11.3 Å². The van der Waals surface area contributed by atoms with E-state index in [4.69, 9.17) is 11.6 Å². The molecule has 0 radical (unpaired) electrons. The first kappa shape index (κ1) is 12.4. The van der Waals surface area contributed by atoms with E-state index < -0.39 is 0 Å². The molecular weight excluding hydrogens is 238 g/mol. The Hall–Kier alpha value is -0.0500. The average molecular weight is 258 g/mol. The molecule has 0 spiro atoms. The summed E-state index contributed by atoms with van der Waals surface area (Å²) >= 11 is 7.58. The second-order valence-corrected chi connectivity index (χ2v) is 6.45.